The van der Waals surface area contributed by atoms with Crippen LogP contribution < -0.4 is 9.47 Å². The second kappa shape index (κ2) is 10.7. The predicted octanol–water partition coefficient (Wildman–Crippen LogP) is 7.36. The van der Waals surface area contributed by atoms with E-state index in [9.17, 15) is 8.78 Å². The van der Waals surface area contributed by atoms with Gasteiger partial charge in [-0.2, -0.15) is 0 Å². The lowest BCUT2D eigenvalue weighted by Gasteiger charge is -2.23. The first-order valence-electron chi connectivity index (χ1n) is 12.8. The Morgan fingerprint density at radius 1 is 0.838 bits per heavy atom. The average Bonchev–Trinajstić information content (AvgIpc) is 3.43. The van der Waals surface area contributed by atoms with Gasteiger partial charge >= 0.3 is 6.29 Å². The fourth-order valence-electron chi connectivity index (χ4n) is 4.68. The molecule has 4 aromatic rings. The molecule has 0 saturated heterocycles. The minimum Gasteiger partial charge on any atom is -0.395 e. The number of imidazole rings is 1. The molecule has 1 aliphatic rings. The normalized spacial score (nSPS) is 13.9. The Morgan fingerprint density at radius 3 is 2.19 bits per heavy atom. The van der Waals surface area contributed by atoms with Crippen LogP contribution in [-0.2, 0) is 19.6 Å². The van der Waals surface area contributed by atoms with Gasteiger partial charge in [-0.1, -0.05) is 87.0 Å². The second-order valence-corrected chi connectivity index (χ2v) is 9.22. The van der Waals surface area contributed by atoms with E-state index in [1.165, 1.54) is 0 Å². The van der Waals surface area contributed by atoms with Gasteiger partial charge in [0, 0.05) is 30.8 Å². The minimum atomic E-state index is -3.62. The van der Waals surface area contributed by atoms with Crippen molar-refractivity contribution in [2.75, 3.05) is 6.54 Å². The first-order valence-corrected chi connectivity index (χ1v) is 12.8. The molecule has 3 aromatic carbocycles. The number of benzene rings is 3. The molecule has 1 aromatic heterocycles. The van der Waals surface area contributed by atoms with Gasteiger partial charge in [-0.05, 0) is 30.7 Å². The molecule has 5 nitrogen and oxygen atoms in total. The van der Waals surface area contributed by atoms with Crippen LogP contribution in [0.2, 0.25) is 0 Å². The molecule has 0 unspecified atom stereocenters. The number of hydrogen-bond donors (Lipinski definition) is 0. The number of rotatable bonds is 10. The van der Waals surface area contributed by atoms with Crippen LogP contribution in [0, 0.1) is 0 Å². The molecule has 2 heterocycles. The number of aromatic nitrogens is 2. The number of hydrogen-bond acceptors (Lipinski definition) is 4. The van der Waals surface area contributed by atoms with Crippen molar-refractivity contribution in [2.24, 2.45) is 0 Å². The van der Waals surface area contributed by atoms with E-state index in [0.717, 1.165) is 59.8 Å². The maximum atomic E-state index is 13.5. The zero-order valence-electron chi connectivity index (χ0n) is 21.2. The van der Waals surface area contributed by atoms with Gasteiger partial charge in [0.2, 0.25) is 0 Å². The summed E-state index contributed by atoms with van der Waals surface area (Å²) < 4.78 is 38.6. The van der Waals surface area contributed by atoms with Gasteiger partial charge in [0.25, 0.3) is 0 Å². The van der Waals surface area contributed by atoms with Crippen LogP contribution in [0.15, 0.2) is 78.9 Å². The predicted molar refractivity (Wildman–Crippen MR) is 140 cm³/mol. The quantitative estimate of drug-likeness (QED) is 0.227. The molecule has 0 bridgehead atoms. The highest BCUT2D eigenvalue weighted by Gasteiger charge is 2.43. The standard InChI is InChI=1S/C30H31F2N3O2/c1-3-5-18-35-25(21-34(4-2)20-22-16-17-26-27(19-22)37-30(31,32)36-26)28(23-12-8-6-9-13-23)33-29(35)24-14-10-7-11-15-24/h6-17,19H,3-5,18,20-21H2,1-2H3. The summed E-state index contributed by atoms with van der Waals surface area (Å²) in [5.74, 6) is 1.10. The Hall–Kier alpha value is -3.71. The summed E-state index contributed by atoms with van der Waals surface area (Å²) in [7, 11) is 0. The molecule has 0 aliphatic carbocycles. The number of halogens is 2. The summed E-state index contributed by atoms with van der Waals surface area (Å²) >= 11 is 0. The molecule has 0 radical (unpaired) electrons. The third kappa shape index (κ3) is 5.52. The van der Waals surface area contributed by atoms with Gasteiger partial charge in [-0.25, -0.2) is 4.98 Å². The first kappa shape index (κ1) is 25.0. The van der Waals surface area contributed by atoms with E-state index < -0.39 is 6.29 Å². The van der Waals surface area contributed by atoms with Crippen LogP contribution in [0.4, 0.5) is 8.78 Å². The Kier molecular flexibility index (Phi) is 7.24. The Bertz CT molecular complexity index is 1340. The highest BCUT2D eigenvalue weighted by Crippen LogP contribution is 2.41. The molecule has 37 heavy (non-hydrogen) atoms. The second-order valence-electron chi connectivity index (χ2n) is 9.22. The number of alkyl halides is 2. The van der Waals surface area contributed by atoms with Crippen molar-refractivity contribution < 1.29 is 18.3 Å². The van der Waals surface area contributed by atoms with Gasteiger partial charge in [-0.15, -0.1) is 8.78 Å². The topological polar surface area (TPSA) is 39.5 Å². The van der Waals surface area contributed by atoms with Crippen LogP contribution in [0.1, 0.15) is 37.9 Å². The third-order valence-electron chi connectivity index (χ3n) is 6.58. The van der Waals surface area contributed by atoms with Crippen molar-refractivity contribution in [3.8, 4) is 34.1 Å². The lowest BCUT2D eigenvalue weighted by atomic mass is 10.1. The molecule has 0 saturated carbocycles. The molecular formula is C30H31F2N3O2. The van der Waals surface area contributed by atoms with E-state index in [0.29, 0.717) is 13.1 Å². The highest BCUT2D eigenvalue weighted by molar-refractivity contribution is 5.68. The number of fused-ring (bicyclic) bond motifs is 1. The maximum Gasteiger partial charge on any atom is 0.586 e. The van der Waals surface area contributed by atoms with Gasteiger partial charge in [0.05, 0.1) is 11.4 Å². The smallest absolute Gasteiger partial charge is 0.395 e. The van der Waals surface area contributed by atoms with Crippen molar-refractivity contribution in [3.63, 3.8) is 0 Å². The molecule has 192 valence electrons. The lowest BCUT2D eigenvalue weighted by molar-refractivity contribution is -0.286. The van der Waals surface area contributed by atoms with Crippen LogP contribution in [0.5, 0.6) is 11.5 Å². The van der Waals surface area contributed by atoms with Gasteiger partial charge in [0.1, 0.15) is 5.82 Å². The largest absolute Gasteiger partial charge is 0.586 e. The van der Waals surface area contributed by atoms with Crippen molar-refractivity contribution in [1.29, 1.82) is 0 Å². The van der Waals surface area contributed by atoms with Gasteiger partial charge in [0.15, 0.2) is 11.5 Å². The van der Waals surface area contributed by atoms with E-state index in [2.05, 4.69) is 57.1 Å². The zero-order chi connectivity index (χ0) is 25.8. The van der Waals surface area contributed by atoms with Gasteiger partial charge in [-0.3, -0.25) is 4.90 Å². The van der Waals surface area contributed by atoms with E-state index in [1.807, 2.05) is 42.5 Å². The summed E-state index contributed by atoms with van der Waals surface area (Å²) in [6.45, 7) is 7.18. The number of ether oxygens (including phenoxy) is 2. The molecule has 7 heteroatoms. The third-order valence-corrected chi connectivity index (χ3v) is 6.58. The highest BCUT2D eigenvalue weighted by atomic mass is 19.3. The Balaban J connectivity index is 1.51. The summed E-state index contributed by atoms with van der Waals surface area (Å²) in [6.07, 6.45) is -1.50. The monoisotopic (exact) mass is 503 g/mol. The summed E-state index contributed by atoms with van der Waals surface area (Å²) in [4.78, 5) is 7.47. The molecule has 0 N–H and O–H groups in total. The molecule has 0 atom stereocenters. The fraction of sp³-hybridized carbons (Fsp3) is 0.300. The number of nitrogens with zero attached hydrogens (tertiary/aromatic N) is 3. The lowest BCUT2D eigenvalue weighted by Crippen LogP contribution is -2.26. The molecular weight excluding hydrogens is 472 g/mol. The van der Waals surface area contributed by atoms with Crippen LogP contribution >= 0.6 is 0 Å². The maximum absolute atomic E-state index is 13.5. The van der Waals surface area contributed by atoms with Crippen molar-refractivity contribution >= 4 is 0 Å². The minimum absolute atomic E-state index is 0.0632. The zero-order valence-corrected chi connectivity index (χ0v) is 21.2. The molecule has 1 aliphatic heterocycles. The summed E-state index contributed by atoms with van der Waals surface area (Å²) in [5, 5.41) is 0. The Labute approximate surface area is 216 Å². The molecule has 5 rings (SSSR count). The van der Waals surface area contributed by atoms with E-state index >= 15 is 0 Å². The first-order chi connectivity index (χ1) is 18.0. The Morgan fingerprint density at radius 2 is 1.51 bits per heavy atom. The van der Waals surface area contributed by atoms with Crippen LogP contribution in [0.3, 0.4) is 0 Å². The SMILES string of the molecule is CCCCn1c(-c2ccccc2)nc(-c2ccccc2)c1CN(CC)Cc1ccc2c(c1)OC(F)(F)O2. The molecule has 0 fully saturated rings. The van der Waals surface area contributed by atoms with Gasteiger partial charge < -0.3 is 14.0 Å². The van der Waals surface area contributed by atoms with Crippen molar-refractivity contribution in [3.05, 3.63) is 90.1 Å². The van der Waals surface area contributed by atoms with E-state index in [-0.39, 0.29) is 11.5 Å². The van der Waals surface area contributed by atoms with E-state index in [4.69, 9.17) is 4.98 Å². The summed E-state index contributed by atoms with van der Waals surface area (Å²) in [5.41, 5.74) is 5.16. The van der Waals surface area contributed by atoms with Crippen LogP contribution in [0.25, 0.3) is 22.6 Å². The van der Waals surface area contributed by atoms with Crippen molar-refractivity contribution in [2.45, 2.75) is 52.6 Å². The van der Waals surface area contributed by atoms with E-state index in [1.54, 1.807) is 12.1 Å². The number of unbranched alkanes of at least 4 members (excludes halogenated alkanes) is 1. The molecule has 0 spiro atoms. The summed E-state index contributed by atoms with van der Waals surface area (Å²) in [6, 6.07) is 25.6. The molecule has 0 amide bonds. The fourth-order valence-corrected chi connectivity index (χ4v) is 4.68. The van der Waals surface area contributed by atoms with Crippen LogP contribution in [-0.4, -0.2) is 27.3 Å². The average molecular weight is 504 g/mol. The van der Waals surface area contributed by atoms with Crippen molar-refractivity contribution in [1.82, 2.24) is 14.5 Å².